The normalized spacial score (nSPS) is 20.4. The fourth-order valence-corrected chi connectivity index (χ4v) is 5.73. The van der Waals surface area contributed by atoms with E-state index in [2.05, 4.69) is 5.32 Å². The van der Waals surface area contributed by atoms with Crippen molar-refractivity contribution in [1.29, 1.82) is 0 Å². The van der Waals surface area contributed by atoms with Crippen LogP contribution in [0.3, 0.4) is 0 Å². The highest BCUT2D eigenvalue weighted by Gasteiger charge is 2.32. The minimum absolute atomic E-state index is 0.118. The minimum Gasteiger partial charge on any atom is -0.321 e. The zero-order valence-electron chi connectivity index (χ0n) is 16.0. The number of hydrogen-bond acceptors (Lipinski definition) is 3. The van der Waals surface area contributed by atoms with Gasteiger partial charge in [-0.1, -0.05) is 37.0 Å². The van der Waals surface area contributed by atoms with Gasteiger partial charge in [-0.25, -0.2) is 12.8 Å². The summed E-state index contributed by atoms with van der Waals surface area (Å²) in [5.74, 6) is -1.18. The van der Waals surface area contributed by atoms with E-state index in [1.165, 1.54) is 28.6 Å². The maximum Gasteiger partial charge on any atom is 0.258 e. The summed E-state index contributed by atoms with van der Waals surface area (Å²) in [5, 5.41) is 3.06. The third-order valence-corrected chi connectivity index (χ3v) is 7.21. The SMILES string of the molecule is CC1CC(C)CN(S(=O)(=O)c2ccc(F)c(C(=O)Nc3ccc(Cl)cc3Cl)c2)C1. The third kappa shape index (κ3) is 4.91. The molecule has 0 aliphatic carbocycles. The number of piperidine rings is 1. The van der Waals surface area contributed by atoms with Crippen LogP contribution in [0, 0.1) is 17.7 Å². The van der Waals surface area contributed by atoms with Gasteiger partial charge >= 0.3 is 0 Å². The van der Waals surface area contributed by atoms with Crippen molar-refractivity contribution in [3.8, 4) is 0 Å². The molecule has 156 valence electrons. The molecule has 0 radical (unpaired) electrons. The first kappa shape index (κ1) is 22.0. The topological polar surface area (TPSA) is 66.5 Å². The second kappa shape index (κ2) is 8.60. The number of nitrogens with zero attached hydrogens (tertiary/aromatic N) is 1. The number of hydrogen-bond donors (Lipinski definition) is 1. The quantitative estimate of drug-likeness (QED) is 0.696. The average molecular weight is 459 g/mol. The van der Waals surface area contributed by atoms with Crippen molar-refractivity contribution in [3.05, 3.63) is 57.8 Å². The lowest BCUT2D eigenvalue weighted by Crippen LogP contribution is -2.42. The number of benzene rings is 2. The lowest BCUT2D eigenvalue weighted by Gasteiger charge is -2.34. The summed E-state index contributed by atoms with van der Waals surface area (Å²) >= 11 is 11.9. The summed E-state index contributed by atoms with van der Waals surface area (Å²) in [7, 11) is -3.84. The zero-order chi connectivity index (χ0) is 21.3. The molecule has 1 heterocycles. The smallest absolute Gasteiger partial charge is 0.258 e. The maximum absolute atomic E-state index is 14.3. The van der Waals surface area contributed by atoms with Gasteiger partial charge in [-0.05, 0) is 54.7 Å². The predicted molar refractivity (Wildman–Crippen MR) is 113 cm³/mol. The molecule has 3 rings (SSSR count). The Hall–Kier alpha value is -1.67. The van der Waals surface area contributed by atoms with E-state index in [9.17, 15) is 17.6 Å². The largest absolute Gasteiger partial charge is 0.321 e. The number of anilines is 1. The number of amides is 1. The number of nitrogens with one attached hydrogen (secondary N) is 1. The molecule has 1 amide bonds. The van der Waals surface area contributed by atoms with Gasteiger partial charge in [0.15, 0.2) is 0 Å². The summed E-state index contributed by atoms with van der Waals surface area (Å²) in [6.45, 7) is 4.78. The van der Waals surface area contributed by atoms with E-state index >= 15 is 0 Å². The molecular formula is C20H21Cl2FN2O3S. The molecule has 29 heavy (non-hydrogen) atoms. The van der Waals surface area contributed by atoms with E-state index in [-0.39, 0.29) is 33.0 Å². The zero-order valence-corrected chi connectivity index (χ0v) is 18.3. The fourth-order valence-electron chi connectivity index (χ4n) is 3.57. The Morgan fingerprint density at radius 3 is 2.38 bits per heavy atom. The maximum atomic E-state index is 14.3. The summed E-state index contributed by atoms with van der Waals surface area (Å²) in [5.41, 5.74) is -0.136. The summed E-state index contributed by atoms with van der Waals surface area (Å²) in [6, 6.07) is 7.68. The molecule has 1 aliphatic heterocycles. The lowest BCUT2D eigenvalue weighted by atomic mass is 9.94. The van der Waals surface area contributed by atoms with Crippen molar-refractivity contribution < 1.29 is 17.6 Å². The van der Waals surface area contributed by atoms with E-state index in [1.54, 1.807) is 0 Å². The van der Waals surface area contributed by atoms with Crippen LogP contribution in [0.15, 0.2) is 41.3 Å². The third-order valence-electron chi connectivity index (χ3n) is 4.83. The van der Waals surface area contributed by atoms with Gasteiger partial charge in [-0.3, -0.25) is 4.79 Å². The van der Waals surface area contributed by atoms with Crippen LogP contribution >= 0.6 is 23.2 Å². The molecule has 1 fully saturated rings. The van der Waals surface area contributed by atoms with E-state index in [1.807, 2.05) is 13.8 Å². The van der Waals surface area contributed by atoms with Gasteiger partial charge in [0.25, 0.3) is 5.91 Å². The summed E-state index contributed by atoms with van der Waals surface area (Å²) in [6.07, 6.45) is 0.949. The second-order valence-corrected chi connectivity index (χ2v) is 10.3. The lowest BCUT2D eigenvalue weighted by molar-refractivity contribution is 0.102. The van der Waals surface area contributed by atoms with Gasteiger partial charge in [0.1, 0.15) is 5.82 Å². The highest BCUT2D eigenvalue weighted by atomic mass is 35.5. The molecule has 9 heteroatoms. The van der Waals surface area contributed by atoms with Gasteiger partial charge in [0.05, 0.1) is 21.2 Å². The van der Waals surface area contributed by atoms with Crippen LogP contribution in [0.5, 0.6) is 0 Å². The van der Waals surface area contributed by atoms with Crippen LogP contribution in [0.1, 0.15) is 30.6 Å². The van der Waals surface area contributed by atoms with Crippen LogP contribution in [-0.4, -0.2) is 31.7 Å². The molecular weight excluding hydrogens is 438 g/mol. The van der Waals surface area contributed by atoms with Gasteiger partial charge in [-0.15, -0.1) is 0 Å². The molecule has 5 nitrogen and oxygen atoms in total. The average Bonchev–Trinajstić information content (AvgIpc) is 2.63. The van der Waals surface area contributed by atoms with Crippen LogP contribution in [0.2, 0.25) is 10.0 Å². The Labute approximate surface area is 179 Å². The first-order valence-electron chi connectivity index (χ1n) is 9.14. The van der Waals surface area contributed by atoms with E-state index in [0.29, 0.717) is 18.1 Å². The summed E-state index contributed by atoms with van der Waals surface area (Å²) < 4.78 is 41.8. The standard InChI is InChI=1S/C20H21Cl2FN2O3S/c1-12-7-13(2)11-25(10-12)29(27,28)15-4-5-18(23)16(9-15)20(26)24-19-6-3-14(21)8-17(19)22/h3-6,8-9,12-13H,7,10-11H2,1-2H3,(H,24,26). The van der Waals surface area contributed by atoms with Gasteiger partial charge in [0.2, 0.25) is 10.0 Å². The van der Waals surface area contributed by atoms with Crippen molar-refractivity contribution in [3.63, 3.8) is 0 Å². The van der Waals surface area contributed by atoms with E-state index in [0.717, 1.165) is 18.6 Å². The molecule has 1 aliphatic rings. The fraction of sp³-hybridized carbons (Fsp3) is 0.350. The number of sulfonamides is 1. The monoisotopic (exact) mass is 458 g/mol. The molecule has 0 bridgehead atoms. The van der Waals surface area contributed by atoms with Crippen molar-refractivity contribution in [2.75, 3.05) is 18.4 Å². The molecule has 0 spiro atoms. The highest BCUT2D eigenvalue weighted by molar-refractivity contribution is 7.89. The minimum atomic E-state index is -3.84. The van der Waals surface area contributed by atoms with Crippen molar-refractivity contribution >= 4 is 44.8 Å². The molecule has 1 saturated heterocycles. The predicted octanol–water partition coefficient (Wildman–Crippen LogP) is 5.05. The molecule has 2 aromatic carbocycles. The van der Waals surface area contributed by atoms with E-state index < -0.39 is 21.7 Å². The molecule has 1 N–H and O–H groups in total. The number of halogens is 3. The van der Waals surface area contributed by atoms with Crippen LogP contribution < -0.4 is 5.32 Å². The van der Waals surface area contributed by atoms with Gasteiger partial charge in [-0.2, -0.15) is 4.31 Å². The van der Waals surface area contributed by atoms with Crippen LogP contribution in [0.4, 0.5) is 10.1 Å². The van der Waals surface area contributed by atoms with E-state index in [4.69, 9.17) is 23.2 Å². The van der Waals surface area contributed by atoms with Crippen molar-refractivity contribution in [2.45, 2.75) is 25.2 Å². The number of carbonyl (C=O) groups excluding carboxylic acids is 1. The Morgan fingerprint density at radius 1 is 1.10 bits per heavy atom. The summed E-state index contributed by atoms with van der Waals surface area (Å²) in [4.78, 5) is 12.5. The molecule has 0 saturated carbocycles. The molecule has 2 unspecified atom stereocenters. The van der Waals surface area contributed by atoms with Crippen LogP contribution in [-0.2, 0) is 10.0 Å². The Morgan fingerprint density at radius 2 is 1.76 bits per heavy atom. The Bertz CT molecular complexity index is 1040. The Balaban J connectivity index is 1.90. The van der Waals surface area contributed by atoms with Gasteiger partial charge in [0, 0.05) is 18.1 Å². The van der Waals surface area contributed by atoms with Crippen molar-refractivity contribution in [2.24, 2.45) is 11.8 Å². The van der Waals surface area contributed by atoms with Gasteiger partial charge < -0.3 is 5.32 Å². The number of rotatable bonds is 4. The highest BCUT2D eigenvalue weighted by Crippen LogP contribution is 2.29. The first-order valence-corrected chi connectivity index (χ1v) is 11.3. The van der Waals surface area contributed by atoms with Crippen LogP contribution in [0.25, 0.3) is 0 Å². The van der Waals surface area contributed by atoms with Crippen molar-refractivity contribution in [1.82, 2.24) is 4.31 Å². The molecule has 2 atom stereocenters. The molecule has 0 aromatic heterocycles. The first-order chi connectivity index (χ1) is 13.6. The molecule has 2 aromatic rings. The second-order valence-electron chi connectivity index (χ2n) is 7.49. The Kier molecular flexibility index (Phi) is 6.53. The number of carbonyl (C=O) groups is 1.